The normalized spacial score (nSPS) is 15.1. The molecule has 1 aliphatic heterocycles. The number of aromatic nitrogens is 4. The molecule has 1 N–H and O–H groups in total. The average Bonchev–Trinajstić information content (AvgIpc) is 3.36. The molecule has 2 aromatic carbocycles. The van der Waals surface area contributed by atoms with E-state index in [0.29, 0.717) is 17.8 Å². The number of likely N-dealkylation sites (tertiary alicyclic amines) is 1. The Bertz CT molecular complexity index is 1110. The Kier molecular flexibility index (Phi) is 3.98. The topological polar surface area (TPSA) is 67.1 Å². The summed E-state index contributed by atoms with van der Waals surface area (Å²) in [5.74, 6) is 0.296. The number of phenolic OH excluding ortho intramolecular Hbond substituents is 1. The maximum Gasteiger partial charge on any atom is 0.146 e. The van der Waals surface area contributed by atoms with Crippen LogP contribution in [0.3, 0.4) is 0 Å². The predicted octanol–water partition coefficient (Wildman–Crippen LogP) is 3.33. The van der Waals surface area contributed by atoms with Crippen molar-refractivity contribution >= 4 is 21.9 Å². The van der Waals surface area contributed by atoms with Gasteiger partial charge in [0.2, 0.25) is 0 Å². The van der Waals surface area contributed by atoms with Crippen LogP contribution < -0.4 is 0 Å². The molecule has 6 heteroatoms. The largest absolute Gasteiger partial charge is 0.505 e. The molecule has 0 saturated carbocycles. The molecule has 136 valence electrons. The second-order valence-electron chi connectivity index (χ2n) is 7.16. The van der Waals surface area contributed by atoms with Crippen LogP contribution in [-0.2, 0) is 13.1 Å². The summed E-state index contributed by atoms with van der Waals surface area (Å²) in [4.78, 5) is 6.84. The number of para-hydroxylation sites is 1. The Hall–Kier alpha value is -2.99. The number of hydrogen-bond donors (Lipinski definition) is 1. The van der Waals surface area contributed by atoms with Gasteiger partial charge in [0.15, 0.2) is 0 Å². The Morgan fingerprint density at radius 1 is 0.963 bits per heavy atom. The van der Waals surface area contributed by atoms with E-state index in [2.05, 4.69) is 26.3 Å². The zero-order chi connectivity index (χ0) is 18.2. The zero-order valence-electron chi connectivity index (χ0n) is 15.0. The SMILES string of the molecule is Oc1c(CN2CCCC2)cc(Cn2nnc3ccccc32)c2cccnc12. The van der Waals surface area contributed by atoms with E-state index in [0.717, 1.165) is 47.2 Å². The molecule has 0 bridgehead atoms. The van der Waals surface area contributed by atoms with Crippen molar-refractivity contribution in [1.82, 2.24) is 24.9 Å². The molecule has 27 heavy (non-hydrogen) atoms. The molecular formula is C21H21N5O. The van der Waals surface area contributed by atoms with Crippen molar-refractivity contribution in [2.24, 2.45) is 0 Å². The molecule has 1 saturated heterocycles. The van der Waals surface area contributed by atoms with E-state index in [-0.39, 0.29) is 0 Å². The predicted molar refractivity (Wildman–Crippen MR) is 105 cm³/mol. The second-order valence-corrected chi connectivity index (χ2v) is 7.16. The maximum absolute atomic E-state index is 10.8. The molecule has 0 radical (unpaired) electrons. The van der Waals surface area contributed by atoms with Crippen LogP contribution in [0.1, 0.15) is 24.0 Å². The molecular weight excluding hydrogens is 338 g/mol. The highest BCUT2D eigenvalue weighted by atomic mass is 16.3. The van der Waals surface area contributed by atoms with Gasteiger partial charge < -0.3 is 5.11 Å². The van der Waals surface area contributed by atoms with Crippen molar-refractivity contribution in [3.63, 3.8) is 0 Å². The Labute approximate surface area is 157 Å². The maximum atomic E-state index is 10.8. The fraction of sp³-hybridized carbons (Fsp3) is 0.286. The molecule has 0 amide bonds. The molecule has 0 spiro atoms. The van der Waals surface area contributed by atoms with E-state index in [1.165, 1.54) is 12.8 Å². The van der Waals surface area contributed by atoms with Gasteiger partial charge in [-0.1, -0.05) is 23.4 Å². The zero-order valence-corrected chi connectivity index (χ0v) is 15.0. The number of nitrogens with zero attached hydrogens (tertiary/aromatic N) is 5. The van der Waals surface area contributed by atoms with Crippen LogP contribution in [-0.4, -0.2) is 43.1 Å². The third kappa shape index (κ3) is 2.92. The second kappa shape index (κ2) is 6.63. The minimum absolute atomic E-state index is 0.296. The summed E-state index contributed by atoms with van der Waals surface area (Å²) in [5, 5.41) is 20.4. The molecule has 5 rings (SSSR count). The van der Waals surface area contributed by atoms with Crippen molar-refractivity contribution in [1.29, 1.82) is 0 Å². The lowest BCUT2D eigenvalue weighted by Crippen LogP contribution is -2.18. The van der Waals surface area contributed by atoms with Gasteiger partial charge in [-0.2, -0.15) is 0 Å². The fourth-order valence-electron chi connectivity index (χ4n) is 3.99. The van der Waals surface area contributed by atoms with Gasteiger partial charge in [0.25, 0.3) is 0 Å². The lowest BCUT2D eigenvalue weighted by Gasteiger charge is -2.18. The van der Waals surface area contributed by atoms with Crippen molar-refractivity contribution < 1.29 is 5.11 Å². The highest BCUT2D eigenvalue weighted by Crippen LogP contribution is 2.32. The quantitative estimate of drug-likeness (QED) is 0.605. The van der Waals surface area contributed by atoms with E-state index in [1.54, 1.807) is 6.20 Å². The van der Waals surface area contributed by atoms with Crippen LogP contribution >= 0.6 is 0 Å². The number of phenols is 1. The Morgan fingerprint density at radius 3 is 2.70 bits per heavy atom. The van der Waals surface area contributed by atoms with Gasteiger partial charge in [-0.3, -0.25) is 9.88 Å². The van der Waals surface area contributed by atoms with Crippen LogP contribution in [0.15, 0.2) is 48.7 Å². The molecule has 4 aromatic rings. The number of aromatic hydroxyl groups is 1. The van der Waals surface area contributed by atoms with Gasteiger partial charge in [-0.25, -0.2) is 4.68 Å². The van der Waals surface area contributed by atoms with Gasteiger partial charge in [0, 0.05) is 23.7 Å². The van der Waals surface area contributed by atoms with E-state index >= 15 is 0 Å². The smallest absolute Gasteiger partial charge is 0.146 e. The first kappa shape index (κ1) is 16.2. The van der Waals surface area contributed by atoms with Gasteiger partial charge >= 0.3 is 0 Å². The molecule has 1 aliphatic rings. The summed E-state index contributed by atoms with van der Waals surface area (Å²) in [5.41, 5.74) is 4.58. The van der Waals surface area contributed by atoms with Crippen LogP contribution in [0, 0.1) is 0 Å². The summed E-state index contributed by atoms with van der Waals surface area (Å²) in [7, 11) is 0. The number of pyridine rings is 1. The third-order valence-electron chi connectivity index (χ3n) is 5.36. The highest BCUT2D eigenvalue weighted by molar-refractivity contribution is 5.88. The number of hydrogen-bond acceptors (Lipinski definition) is 5. The lowest BCUT2D eigenvalue weighted by atomic mass is 10.0. The first-order chi connectivity index (χ1) is 13.3. The summed E-state index contributed by atoms with van der Waals surface area (Å²) >= 11 is 0. The summed E-state index contributed by atoms with van der Waals surface area (Å²) in [6.07, 6.45) is 4.19. The fourth-order valence-corrected chi connectivity index (χ4v) is 3.99. The standard InChI is InChI=1S/C21H21N5O/c27-21-16(13-25-10-3-4-11-25)12-15(17-6-5-9-22-20(17)21)14-26-19-8-2-1-7-18(19)23-24-26/h1-2,5-9,12,27H,3-4,10-11,13-14H2. The number of benzene rings is 2. The first-order valence-electron chi connectivity index (χ1n) is 9.38. The van der Waals surface area contributed by atoms with Crippen molar-refractivity contribution in [2.75, 3.05) is 13.1 Å². The van der Waals surface area contributed by atoms with Gasteiger partial charge in [0.05, 0.1) is 12.1 Å². The summed E-state index contributed by atoms with van der Waals surface area (Å²) < 4.78 is 1.91. The van der Waals surface area contributed by atoms with Crippen molar-refractivity contribution in [2.45, 2.75) is 25.9 Å². The molecule has 6 nitrogen and oxygen atoms in total. The summed E-state index contributed by atoms with van der Waals surface area (Å²) in [6.45, 7) is 3.52. The number of fused-ring (bicyclic) bond motifs is 2. The van der Waals surface area contributed by atoms with E-state index < -0.39 is 0 Å². The van der Waals surface area contributed by atoms with Crippen LogP contribution in [0.5, 0.6) is 5.75 Å². The number of rotatable bonds is 4. The summed E-state index contributed by atoms with van der Waals surface area (Å²) in [6, 6.07) is 14.0. The van der Waals surface area contributed by atoms with E-state index in [9.17, 15) is 5.11 Å². The average molecular weight is 359 g/mol. The third-order valence-corrected chi connectivity index (χ3v) is 5.36. The Morgan fingerprint density at radius 2 is 1.81 bits per heavy atom. The van der Waals surface area contributed by atoms with Crippen molar-refractivity contribution in [3.05, 3.63) is 59.8 Å². The minimum atomic E-state index is 0.296. The van der Waals surface area contributed by atoms with Gasteiger partial charge in [-0.05, 0) is 55.8 Å². The molecule has 0 atom stereocenters. The van der Waals surface area contributed by atoms with Crippen LogP contribution in [0.4, 0.5) is 0 Å². The molecule has 0 aliphatic carbocycles. The molecule has 1 fully saturated rings. The molecule has 2 aromatic heterocycles. The van der Waals surface area contributed by atoms with Crippen molar-refractivity contribution in [3.8, 4) is 5.75 Å². The molecule has 3 heterocycles. The van der Waals surface area contributed by atoms with Gasteiger partial charge in [-0.15, -0.1) is 5.10 Å². The highest BCUT2D eigenvalue weighted by Gasteiger charge is 2.18. The monoisotopic (exact) mass is 359 g/mol. The van der Waals surface area contributed by atoms with E-state index in [4.69, 9.17) is 0 Å². The minimum Gasteiger partial charge on any atom is -0.505 e. The first-order valence-corrected chi connectivity index (χ1v) is 9.38. The van der Waals surface area contributed by atoms with Crippen LogP contribution in [0.25, 0.3) is 21.9 Å². The van der Waals surface area contributed by atoms with Gasteiger partial charge in [0.1, 0.15) is 16.8 Å². The van der Waals surface area contributed by atoms with Crippen LogP contribution in [0.2, 0.25) is 0 Å². The van der Waals surface area contributed by atoms with E-state index in [1.807, 2.05) is 41.1 Å². The molecule has 0 unspecified atom stereocenters. The Balaban J connectivity index is 1.60. The lowest BCUT2D eigenvalue weighted by molar-refractivity contribution is 0.324.